The molecule has 0 atom stereocenters. The molecular weight excluding hydrogens is 411 g/mol. The van der Waals surface area contributed by atoms with Gasteiger partial charge in [0.2, 0.25) is 0 Å². The van der Waals surface area contributed by atoms with E-state index in [1.54, 1.807) is 0 Å². The van der Waals surface area contributed by atoms with Crippen LogP contribution >= 0.6 is 8.25 Å². The minimum Gasteiger partial charge on any atom is -0.445 e. The smallest absolute Gasteiger partial charge is 0.445 e. The molecule has 0 aliphatic heterocycles. The standard InChI is InChI=1S/C20H23N2O7P/c23-19(26-15-17-7-3-1-4-8-17)21-11-13-28-30(25)29-14-12-22-20(24)27-16-18-9-5-2-6-10-18/h1-10H,11-16H2,(H-,21,22,23,24)/p+1. The van der Waals surface area contributed by atoms with Gasteiger partial charge >= 0.3 is 20.4 Å². The third-order valence-electron chi connectivity index (χ3n) is 3.56. The van der Waals surface area contributed by atoms with Gasteiger partial charge in [0.1, 0.15) is 26.4 Å². The summed E-state index contributed by atoms with van der Waals surface area (Å²) in [6.07, 6.45) is -1.20. The predicted molar refractivity (Wildman–Crippen MR) is 109 cm³/mol. The number of carbonyl (C=O) groups is 2. The Labute approximate surface area is 175 Å². The average Bonchev–Trinajstić information content (AvgIpc) is 2.78. The normalized spacial score (nSPS) is 10.1. The first-order chi connectivity index (χ1) is 14.6. The van der Waals surface area contributed by atoms with E-state index in [-0.39, 0.29) is 39.5 Å². The van der Waals surface area contributed by atoms with E-state index >= 15 is 0 Å². The van der Waals surface area contributed by atoms with E-state index in [1.807, 2.05) is 60.7 Å². The SMILES string of the molecule is O=C(NCCO[P+](=O)OCCNC(=O)OCc1ccccc1)OCc1ccccc1. The second kappa shape index (κ2) is 14.1. The van der Waals surface area contributed by atoms with Crippen molar-refractivity contribution in [2.45, 2.75) is 13.2 Å². The second-order valence-corrected chi connectivity index (χ2v) is 6.83. The summed E-state index contributed by atoms with van der Waals surface area (Å²) < 4.78 is 31.5. The zero-order valence-corrected chi connectivity index (χ0v) is 17.2. The Morgan fingerprint density at radius 3 is 1.50 bits per heavy atom. The van der Waals surface area contributed by atoms with Crippen LogP contribution in [0, 0.1) is 0 Å². The molecule has 0 fully saturated rings. The molecule has 0 heterocycles. The fourth-order valence-electron chi connectivity index (χ4n) is 2.13. The molecule has 2 amide bonds. The van der Waals surface area contributed by atoms with Crippen molar-refractivity contribution in [3.63, 3.8) is 0 Å². The second-order valence-electron chi connectivity index (χ2n) is 5.87. The lowest BCUT2D eigenvalue weighted by atomic mass is 10.2. The largest absolute Gasteiger partial charge is 0.697 e. The number of amides is 2. The summed E-state index contributed by atoms with van der Waals surface area (Å²) in [5.74, 6) is 0. The van der Waals surface area contributed by atoms with E-state index in [4.69, 9.17) is 18.5 Å². The minimum atomic E-state index is -2.36. The van der Waals surface area contributed by atoms with E-state index in [0.29, 0.717) is 0 Å². The summed E-state index contributed by atoms with van der Waals surface area (Å²) in [4.78, 5) is 23.1. The lowest BCUT2D eigenvalue weighted by Crippen LogP contribution is -2.28. The van der Waals surface area contributed by atoms with Gasteiger partial charge in [0.15, 0.2) is 0 Å². The third-order valence-corrected chi connectivity index (χ3v) is 4.35. The zero-order valence-electron chi connectivity index (χ0n) is 16.3. The van der Waals surface area contributed by atoms with Crippen LogP contribution in [0.5, 0.6) is 0 Å². The van der Waals surface area contributed by atoms with Crippen LogP contribution in [0.3, 0.4) is 0 Å². The van der Waals surface area contributed by atoms with E-state index in [0.717, 1.165) is 11.1 Å². The van der Waals surface area contributed by atoms with E-state index in [1.165, 1.54) is 0 Å². The van der Waals surface area contributed by atoms with Crippen LogP contribution in [0.25, 0.3) is 0 Å². The fourth-order valence-corrected chi connectivity index (χ4v) is 2.69. The van der Waals surface area contributed by atoms with Crippen molar-refractivity contribution in [2.24, 2.45) is 0 Å². The molecule has 0 saturated heterocycles. The quantitative estimate of drug-likeness (QED) is 0.387. The number of hydrogen-bond donors (Lipinski definition) is 2. The molecule has 2 aromatic carbocycles. The molecule has 0 spiro atoms. The summed E-state index contributed by atoms with van der Waals surface area (Å²) in [5.41, 5.74) is 1.75. The number of hydrogen-bond acceptors (Lipinski definition) is 7. The molecule has 2 N–H and O–H groups in total. The summed E-state index contributed by atoms with van der Waals surface area (Å²) in [6.45, 7) is 0.520. The average molecular weight is 435 g/mol. The number of nitrogens with one attached hydrogen (secondary N) is 2. The topological polar surface area (TPSA) is 112 Å². The van der Waals surface area contributed by atoms with E-state index in [9.17, 15) is 14.2 Å². The zero-order chi connectivity index (χ0) is 21.4. The highest BCUT2D eigenvalue weighted by molar-refractivity contribution is 7.33. The molecular formula is C20H24N2O7P+. The molecule has 0 aliphatic carbocycles. The minimum absolute atomic E-state index is 0.0117. The van der Waals surface area contributed by atoms with Crippen LogP contribution in [-0.4, -0.2) is 38.5 Å². The van der Waals surface area contributed by atoms with E-state index < -0.39 is 20.4 Å². The Morgan fingerprint density at radius 1 is 0.700 bits per heavy atom. The fraction of sp³-hybridized carbons (Fsp3) is 0.300. The Bertz CT molecular complexity index is 725. The summed E-state index contributed by atoms with van der Waals surface area (Å²) in [7, 11) is -2.36. The third kappa shape index (κ3) is 10.5. The highest BCUT2D eigenvalue weighted by Gasteiger charge is 2.20. The van der Waals surface area contributed by atoms with E-state index in [2.05, 4.69) is 10.6 Å². The van der Waals surface area contributed by atoms with Gasteiger partial charge in [-0.05, 0) is 11.1 Å². The number of rotatable bonds is 12. The van der Waals surface area contributed by atoms with Gasteiger partial charge in [0.25, 0.3) is 0 Å². The highest BCUT2D eigenvalue weighted by atomic mass is 31.1. The van der Waals surface area contributed by atoms with Gasteiger partial charge < -0.3 is 20.1 Å². The molecule has 2 rings (SSSR count). The van der Waals surface area contributed by atoms with Crippen LogP contribution in [0.1, 0.15) is 11.1 Å². The van der Waals surface area contributed by atoms with Crippen LogP contribution < -0.4 is 10.6 Å². The van der Waals surface area contributed by atoms with Gasteiger partial charge in [0, 0.05) is 17.7 Å². The molecule has 160 valence electrons. The molecule has 10 heteroatoms. The Morgan fingerprint density at radius 2 is 1.10 bits per heavy atom. The van der Waals surface area contributed by atoms with Crippen molar-refractivity contribution in [3.8, 4) is 0 Å². The molecule has 0 bridgehead atoms. The lowest BCUT2D eigenvalue weighted by Gasteiger charge is -2.06. The first kappa shape index (κ1) is 23.3. The summed E-state index contributed by atoms with van der Waals surface area (Å²) in [6, 6.07) is 18.5. The van der Waals surface area contributed by atoms with Crippen molar-refractivity contribution in [3.05, 3.63) is 71.8 Å². The number of alkyl carbamates (subject to hydrolysis) is 2. The first-order valence-electron chi connectivity index (χ1n) is 9.25. The highest BCUT2D eigenvalue weighted by Crippen LogP contribution is 2.22. The van der Waals surface area contributed by atoms with Gasteiger partial charge in [-0.25, -0.2) is 9.59 Å². The van der Waals surface area contributed by atoms with Crippen molar-refractivity contribution in [2.75, 3.05) is 26.3 Å². The van der Waals surface area contributed by atoms with Crippen LogP contribution in [0.2, 0.25) is 0 Å². The van der Waals surface area contributed by atoms with Crippen LogP contribution in [0.4, 0.5) is 9.59 Å². The van der Waals surface area contributed by atoms with Gasteiger partial charge in [-0.15, -0.1) is 9.05 Å². The molecule has 30 heavy (non-hydrogen) atoms. The number of carbonyl (C=O) groups excluding carboxylic acids is 2. The molecule has 0 saturated carbocycles. The maximum Gasteiger partial charge on any atom is 0.697 e. The van der Waals surface area contributed by atoms with Gasteiger partial charge in [0.05, 0.1) is 0 Å². The number of ether oxygens (including phenoxy) is 2. The maximum atomic E-state index is 11.6. The summed E-state index contributed by atoms with van der Waals surface area (Å²) >= 11 is 0. The Balaban J connectivity index is 1.43. The molecule has 9 nitrogen and oxygen atoms in total. The Hall–Kier alpha value is -3.00. The van der Waals surface area contributed by atoms with Crippen molar-refractivity contribution < 1.29 is 32.7 Å². The van der Waals surface area contributed by atoms with Gasteiger partial charge in [-0.2, -0.15) is 0 Å². The van der Waals surface area contributed by atoms with Crippen molar-refractivity contribution in [1.82, 2.24) is 10.6 Å². The van der Waals surface area contributed by atoms with Crippen LogP contribution in [0.15, 0.2) is 60.7 Å². The van der Waals surface area contributed by atoms with Crippen molar-refractivity contribution >= 4 is 20.4 Å². The molecule has 0 radical (unpaired) electrons. The van der Waals surface area contributed by atoms with Gasteiger partial charge in [-0.3, -0.25) is 0 Å². The number of benzene rings is 2. The molecule has 0 aliphatic rings. The first-order valence-corrected chi connectivity index (χ1v) is 10.3. The maximum absolute atomic E-state index is 11.6. The van der Waals surface area contributed by atoms with Gasteiger partial charge in [-0.1, -0.05) is 60.7 Å². The Kier molecular flexibility index (Phi) is 10.9. The lowest BCUT2D eigenvalue weighted by molar-refractivity contribution is 0.135. The molecule has 2 aromatic rings. The monoisotopic (exact) mass is 435 g/mol. The predicted octanol–water partition coefficient (Wildman–Crippen LogP) is 3.53. The molecule has 0 unspecified atom stereocenters. The van der Waals surface area contributed by atoms with Crippen LogP contribution in [-0.2, 0) is 36.3 Å². The summed E-state index contributed by atoms with van der Waals surface area (Å²) in [5, 5.41) is 4.95. The molecule has 0 aromatic heterocycles. The van der Waals surface area contributed by atoms with Crippen molar-refractivity contribution in [1.29, 1.82) is 0 Å².